The lowest BCUT2D eigenvalue weighted by Gasteiger charge is -2.02. The highest BCUT2D eigenvalue weighted by Gasteiger charge is 2.21. The average Bonchev–Trinajstić information content (AvgIpc) is 3.29. The van der Waals surface area contributed by atoms with Crippen molar-refractivity contribution in [1.29, 1.82) is 0 Å². The number of para-hydroxylation sites is 1. The van der Waals surface area contributed by atoms with Gasteiger partial charge in [-0.1, -0.05) is 24.3 Å². The van der Waals surface area contributed by atoms with Crippen LogP contribution >= 0.6 is 11.3 Å². The van der Waals surface area contributed by atoms with Crippen molar-refractivity contribution in [3.05, 3.63) is 59.6 Å². The van der Waals surface area contributed by atoms with Crippen LogP contribution in [0, 0.1) is 0 Å². The van der Waals surface area contributed by atoms with Gasteiger partial charge in [0.1, 0.15) is 11.3 Å². The molecule has 0 saturated carbocycles. The van der Waals surface area contributed by atoms with Crippen molar-refractivity contribution in [1.82, 2.24) is 9.78 Å². The van der Waals surface area contributed by atoms with E-state index in [1.165, 1.54) is 18.4 Å². The third kappa shape index (κ3) is 3.36. The van der Waals surface area contributed by atoms with Crippen molar-refractivity contribution >= 4 is 23.3 Å². The molecule has 6 nitrogen and oxygen atoms in total. The Morgan fingerprint density at radius 1 is 1.17 bits per heavy atom. The van der Waals surface area contributed by atoms with Crippen LogP contribution in [0.2, 0.25) is 0 Å². The topological polar surface area (TPSA) is 70.4 Å². The predicted molar refractivity (Wildman–Crippen MR) is 89.2 cm³/mol. The molecule has 0 bridgehead atoms. The van der Waals surface area contributed by atoms with E-state index in [-0.39, 0.29) is 0 Å². The van der Waals surface area contributed by atoms with E-state index in [0.29, 0.717) is 11.3 Å². The molecule has 122 valence electrons. The van der Waals surface area contributed by atoms with E-state index in [2.05, 4.69) is 9.84 Å². The molecule has 0 fully saturated rings. The maximum Gasteiger partial charge on any atom is 0.344 e. The molecule has 2 aromatic heterocycles. The smallest absolute Gasteiger partial charge is 0.344 e. The van der Waals surface area contributed by atoms with Crippen LogP contribution in [0.3, 0.4) is 0 Å². The second-order valence-electron chi connectivity index (χ2n) is 4.80. The number of carbonyl (C=O) groups excluding carboxylic acids is 2. The predicted octanol–water partition coefficient (Wildman–Crippen LogP) is 2.93. The fourth-order valence-electron chi connectivity index (χ4n) is 2.09. The Kier molecular flexibility index (Phi) is 4.72. The van der Waals surface area contributed by atoms with Crippen molar-refractivity contribution in [3.63, 3.8) is 0 Å². The van der Waals surface area contributed by atoms with Crippen molar-refractivity contribution in [2.45, 2.75) is 0 Å². The molecule has 0 unspecified atom stereocenters. The molecule has 0 N–H and O–H groups in total. The largest absolute Gasteiger partial charge is 0.466 e. The third-order valence-corrected chi connectivity index (χ3v) is 4.13. The molecule has 2 heterocycles. The van der Waals surface area contributed by atoms with Gasteiger partial charge < -0.3 is 9.47 Å². The number of hydrogen-bond acceptors (Lipinski definition) is 6. The minimum absolute atomic E-state index is 0.296. The molecule has 3 aromatic rings. The van der Waals surface area contributed by atoms with Gasteiger partial charge in [-0.2, -0.15) is 5.10 Å². The maximum atomic E-state index is 12.3. The lowest BCUT2D eigenvalue weighted by atomic mass is 10.2. The number of ether oxygens (including phenoxy) is 2. The van der Waals surface area contributed by atoms with Gasteiger partial charge in [0, 0.05) is 6.20 Å². The number of hydrogen-bond donors (Lipinski definition) is 0. The van der Waals surface area contributed by atoms with Gasteiger partial charge in [0.05, 0.1) is 17.7 Å². The van der Waals surface area contributed by atoms with Crippen LogP contribution in [-0.4, -0.2) is 35.4 Å². The molecule has 0 aliphatic carbocycles. The van der Waals surface area contributed by atoms with E-state index in [0.717, 1.165) is 10.6 Å². The van der Waals surface area contributed by atoms with Crippen molar-refractivity contribution < 1.29 is 19.1 Å². The van der Waals surface area contributed by atoms with Crippen LogP contribution in [0.1, 0.15) is 10.4 Å². The van der Waals surface area contributed by atoms with Gasteiger partial charge in [0.25, 0.3) is 0 Å². The van der Waals surface area contributed by atoms with Gasteiger partial charge in [0.15, 0.2) is 6.61 Å². The molecule has 0 spiro atoms. The Morgan fingerprint density at radius 3 is 2.62 bits per heavy atom. The van der Waals surface area contributed by atoms with Gasteiger partial charge >= 0.3 is 11.9 Å². The summed E-state index contributed by atoms with van der Waals surface area (Å²) in [4.78, 5) is 24.4. The van der Waals surface area contributed by atoms with E-state index in [4.69, 9.17) is 4.74 Å². The summed E-state index contributed by atoms with van der Waals surface area (Å²) < 4.78 is 11.1. The fraction of sp³-hybridized carbons (Fsp3) is 0.118. The summed E-state index contributed by atoms with van der Waals surface area (Å²) in [5.41, 5.74) is 1.64. The summed E-state index contributed by atoms with van der Waals surface area (Å²) in [5, 5.41) is 6.40. The number of carbonyl (C=O) groups is 2. The molecule has 24 heavy (non-hydrogen) atoms. The maximum absolute atomic E-state index is 12.3. The molecule has 0 atom stereocenters. The number of nitrogens with zero attached hydrogens (tertiary/aromatic N) is 2. The minimum atomic E-state index is -0.619. The molecule has 3 rings (SSSR count). The third-order valence-electron chi connectivity index (χ3n) is 3.26. The SMILES string of the molecule is COC(=O)COC(=O)c1cn(-c2ccccc2)nc1-c1cccs1. The molecule has 7 heteroatoms. The van der Waals surface area contributed by atoms with Crippen molar-refractivity contribution in [2.75, 3.05) is 13.7 Å². The molecule has 0 radical (unpaired) electrons. The van der Waals surface area contributed by atoms with Gasteiger partial charge in [-0.3, -0.25) is 0 Å². The minimum Gasteiger partial charge on any atom is -0.466 e. The first-order valence-corrected chi connectivity index (χ1v) is 8.00. The lowest BCUT2D eigenvalue weighted by molar-refractivity contribution is -0.144. The standard InChI is InChI=1S/C17H14N2O4S/c1-22-15(20)11-23-17(21)13-10-19(12-6-3-2-4-7-12)18-16(13)14-8-5-9-24-14/h2-10H,11H2,1H3. The number of rotatable bonds is 5. The Bertz CT molecular complexity index is 841. The van der Waals surface area contributed by atoms with Crippen molar-refractivity contribution in [3.8, 4) is 16.3 Å². The fourth-order valence-corrected chi connectivity index (χ4v) is 2.82. The number of thiophene rings is 1. The van der Waals surface area contributed by atoms with Crippen LogP contribution in [0.25, 0.3) is 16.3 Å². The monoisotopic (exact) mass is 342 g/mol. The first-order chi connectivity index (χ1) is 11.7. The highest BCUT2D eigenvalue weighted by molar-refractivity contribution is 7.13. The Labute approximate surface area is 142 Å². The van der Waals surface area contributed by atoms with E-state index in [9.17, 15) is 9.59 Å². The molecule has 0 amide bonds. The second kappa shape index (κ2) is 7.10. The summed E-state index contributed by atoms with van der Waals surface area (Å²) in [7, 11) is 1.24. The number of aromatic nitrogens is 2. The Hall–Kier alpha value is -2.93. The van der Waals surface area contributed by atoms with E-state index < -0.39 is 18.5 Å². The summed E-state index contributed by atoms with van der Waals surface area (Å²) >= 11 is 1.47. The van der Waals surface area contributed by atoms with Gasteiger partial charge in [-0.15, -0.1) is 11.3 Å². The summed E-state index contributed by atoms with van der Waals surface area (Å²) in [6.07, 6.45) is 1.60. The van der Waals surface area contributed by atoms with Crippen molar-refractivity contribution in [2.24, 2.45) is 0 Å². The Morgan fingerprint density at radius 2 is 1.96 bits per heavy atom. The van der Waals surface area contributed by atoms with Gasteiger partial charge in [0.2, 0.25) is 0 Å². The normalized spacial score (nSPS) is 10.4. The highest BCUT2D eigenvalue weighted by atomic mass is 32.1. The molecule has 0 saturated heterocycles. The summed E-state index contributed by atoms with van der Waals surface area (Å²) in [6.45, 7) is -0.435. The molecular formula is C17H14N2O4S. The zero-order valence-electron chi connectivity index (χ0n) is 12.8. The highest BCUT2D eigenvalue weighted by Crippen LogP contribution is 2.28. The van der Waals surface area contributed by atoms with Gasteiger partial charge in [-0.25, -0.2) is 14.3 Å². The molecule has 1 aromatic carbocycles. The number of methoxy groups -OCH3 is 1. The van der Waals surface area contributed by atoms with Crippen LogP contribution in [0.4, 0.5) is 0 Å². The van der Waals surface area contributed by atoms with Crippen LogP contribution in [0.15, 0.2) is 54.0 Å². The molecule has 0 aliphatic rings. The number of benzene rings is 1. The lowest BCUT2D eigenvalue weighted by Crippen LogP contribution is -2.15. The first-order valence-electron chi connectivity index (χ1n) is 7.12. The average molecular weight is 342 g/mol. The van der Waals surface area contributed by atoms with Crippen LogP contribution in [-0.2, 0) is 14.3 Å². The summed E-state index contributed by atoms with van der Waals surface area (Å²) in [5.74, 6) is -1.23. The van der Waals surface area contributed by atoms with E-state index >= 15 is 0 Å². The molecule has 0 aliphatic heterocycles. The molecular weight excluding hydrogens is 328 g/mol. The zero-order valence-corrected chi connectivity index (χ0v) is 13.7. The number of esters is 2. The quantitative estimate of drug-likeness (QED) is 0.667. The van der Waals surface area contributed by atoms with E-state index in [1.807, 2.05) is 47.8 Å². The van der Waals surface area contributed by atoms with Crippen LogP contribution in [0.5, 0.6) is 0 Å². The zero-order chi connectivity index (χ0) is 16.9. The van der Waals surface area contributed by atoms with Crippen LogP contribution < -0.4 is 0 Å². The van der Waals surface area contributed by atoms with Gasteiger partial charge in [-0.05, 0) is 23.6 Å². The Balaban J connectivity index is 1.96. The second-order valence-corrected chi connectivity index (χ2v) is 5.75. The summed E-state index contributed by atoms with van der Waals surface area (Å²) in [6, 6.07) is 13.2. The first kappa shape index (κ1) is 15.9. The van der Waals surface area contributed by atoms with E-state index in [1.54, 1.807) is 10.9 Å².